The molecule has 0 aromatic heterocycles. The van der Waals surface area contributed by atoms with E-state index in [1.807, 2.05) is 0 Å². The summed E-state index contributed by atoms with van der Waals surface area (Å²) in [5, 5.41) is 21.2. The van der Waals surface area contributed by atoms with Gasteiger partial charge in [0.15, 0.2) is 5.79 Å². The highest BCUT2D eigenvalue weighted by atomic mass is 19.4. The van der Waals surface area contributed by atoms with Crippen LogP contribution in [0, 0.1) is 0 Å². The molecule has 1 saturated heterocycles. The van der Waals surface area contributed by atoms with Crippen molar-refractivity contribution in [1.29, 1.82) is 0 Å². The van der Waals surface area contributed by atoms with Crippen LogP contribution in [-0.4, -0.2) is 35.3 Å². The fourth-order valence-corrected chi connectivity index (χ4v) is 3.11. The molecule has 0 atom stereocenters. The van der Waals surface area contributed by atoms with Crippen LogP contribution in [0.25, 0.3) is 10.8 Å². The van der Waals surface area contributed by atoms with Crippen molar-refractivity contribution in [2.45, 2.75) is 31.3 Å². The van der Waals surface area contributed by atoms with Crippen molar-refractivity contribution >= 4 is 16.9 Å². The van der Waals surface area contributed by atoms with E-state index in [0.717, 1.165) is 6.07 Å². The Morgan fingerprint density at radius 1 is 1.15 bits per heavy atom. The fourth-order valence-electron chi connectivity index (χ4n) is 3.11. The summed E-state index contributed by atoms with van der Waals surface area (Å²) in [7, 11) is 0. The third kappa shape index (κ3) is 3.65. The Bertz CT molecular complexity index is 884. The molecule has 27 heavy (non-hydrogen) atoms. The predicted molar refractivity (Wildman–Crippen MR) is 89.4 cm³/mol. The van der Waals surface area contributed by atoms with Crippen LogP contribution < -0.4 is 5.32 Å². The summed E-state index contributed by atoms with van der Waals surface area (Å²) in [6.45, 7) is 3.25. The largest absolute Gasteiger partial charge is 0.507 e. The second-order valence-electron chi connectivity index (χ2n) is 6.88. The van der Waals surface area contributed by atoms with Gasteiger partial charge in [0.05, 0.1) is 13.2 Å². The SMILES string of the molecule is CC1(C)OCC(NC(=O)O)(c2ccc3c(C(F)(F)F)c(O)ccc3c2)CO1. The van der Waals surface area contributed by atoms with E-state index in [9.17, 15) is 28.2 Å². The number of rotatable bonds is 2. The van der Waals surface area contributed by atoms with Crippen LogP contribution in [0.4, 0.5) is 18.0 Å². The number of hydrogen-bond donors (Lipinski definition) is 3. The van der Waals surface area contributed by atoms with Gasteiger partial charge in [-0.25, -0.2) is 4.79 Å². The van der Waals surface area contributed by atoms with E-state index in [1.54, 1.807) is 13.8 Å². The molecule has 3 N–H and O–H groups in total. The summed E-state index contributed by atoms with van der Waals surface area (Å²) in [6.07, 6.45) is -6.05. The zero-order valence-corrected chi connectivity index (χ0v) is 14.6. The van der Waals surface area contributed by atoms with Crippen LogP contribution >= 0.6 is 0 Å². The van der Waals surface area contributed by atoms with Crippen molar-refractivity contribution in [3.63, 3.8) is 0 Å². The lowest BCUT2D eigenvalue weighted by atomic mass is 9.88. The molecule has 0 aliphatic carbocycles. The third-order valence-electron chi connectivity index (χ3n) is 4.51. The minimum Gasteiger partial charge on any atom is -0.507 e. The minimum atomic E-state index is -4.73. The maximum Gasteiger partial charge on any atom is 0.420 e. The van der Waals surface area contributed by atoms with Crippen molar-refractivity contribution < 1.29 is 37.7 Å². The summed E-state index contributed by atoms with van der Waals surface area (Å²) >= 11 is 0. The molecule has 1 fully saturated rings. The third-order valence-corrected chi connectivity index (χ3v) is 4.51. The molecule has 6 nitrogen and oxygen atoms in total. The molecule has 1 aliphatic rings. The van der Waals surface area contributed by atoms with E-state index in [-0.39, 0.29) is 24.0 Å². The van der Waals surface area contributed by atoms with Crippen molar-refractivity contribution in [2.24, 2.45) is 0 Å². The van der Waals surface area contributed by atoms with Crippen molar-refractivity contribution in [3.8, 4) is 5.75 Å². The standard InChI is InChI=1S/C18H18F3NO5/c1-16(2)26-8-17(9-27-16,22-15(24)25)11-4-5-12-10(7-11)3-6-13(23)14(12)18(19,20)21/h3-7,22-23H,8-9H2,1-2H3,(H,24,25). The molecule has 3 rings (SSSR count). The van der Waals surface area contributed by atoms with Crippen molar-refractivity contribution in [2.75, 3.05) is 13.2 Å². The molecule has 0 saturated carbocycles. The number of phenolic OH excluding ortho intramolecular Hbond substituents is 1. The zero-order valence-electron chi connectivity index (χ0n) is 14.6. The van der Waals surface area contributed by atoms with Gasteiger partial charge in [-0.1, -0.05) is 18.2 Å². The summed E-state index contributed by atoms with van der Waals surface area (Å²) in [6, 6.07) is 6.32. The summed E-state index contributed by atoms with van der Waals surface area (Å²) < 4.78 is 51.0. The van der Waals surface area contributed by atoms with Gasteiger partial charge in [-0.05, 0) is 42.3 Å². The van der Waals surface area contributed by atoms with E-state index in [1.165, 1.54) is 24.3 Å². The Hall–Kier alpha value is -2.52. The highest BCUT2D eigenvalue weighted by Gasteiger charge is 2.43. The number of fused-ring (bicyclic) bond motifs is 1. The van der Waals surface area contributed by atoms with Gasteiger partial charge in [-0.2, -0.15) is 13.2 Å². The lowest BCUT2D eigenvalue weighted by Gasteiger charge is -2.43. The van der Waals surface area contributed by atoms with Gasteiger partial charge in [-0.15, -0.1) is 0 Å². The molecule has 2 aromatic rings. The first-order chi connectivity index (χ1) is 12.4. The van der Waals surface area contributed by atoms with Gasteiger partial charge in [0, 0.05) is 0 Å². The smallest absolute Gasteiger partial charge is 0.420 e. The Balaban J connectivity index is 2.12. The van der Waals surface area contributed by atoms with Crippen LogP contribution in [0.1, 0.15) is 25.0 Å². The summed E-state index contributed by atoms with van der Waals surface area (Å²) in [5.41, 5.74) is -2.01. The predicted octanol–water partition coefficient (Wildman–Crippen LogP) is 3.81. The number of nitrogens with one attached hydrogen (secondary N) is 1. The van der Waals surface area contributed by atoms with Gasteiger partial charge in [-0.3, -0.25) is 0 Å². The van der Waals surface area contributed by atoms with E-state index in [0.29, 0.717) is 5.56 Å². The maximum absolute atomic E-state index is 13.3. The molecule has 1 amide bonds. The Morgan fingerprint density at radius 3 is 2.33 bits per heavy atom. The highest BCUT2D eigenvalue weighted by Crippen LogP contribution is 2.42. The van der Waals surface area contributed by atoms with E-state index < -0.39 is 34.9 Å². The molecule has 9 heteroatoms. The monoisotopic (exact) mass is 385 g/mol. The molecule has 0 spiro atoms. The van der Waals surface area contributed by atoms with Gasteiger partial charge in [0.1, 0.15) is 16.9 Å². The van der Waals surface area contributed by atoms with Crippen LogP contribution in [0.2, 0.25) is 0 Å². The number of benzene rings is 2. The van der Waals surface area contributed by atoms with Gasteiger partial charge in [0.25, 0.3) is 0 Å². The van der Waals surface area contributed by atoms with Crippen LogP contribution in [0.5, 0.6) is 5.75 Å². The topological polar surface area (TPSA) is 88.0 Å². The normalized spacial score (nSPS) is 19.0. The molecule has 146 valence electrons. The van der Waals surface area contributed by atoms with E-state index in [2.05, 4.69) is 5.32 Å². The molecule has 2 aromatic carbocycles. The molecule has 0 radical (unpaired) electrons. The Kier molecular flexibility index (Phi) is 4.47. The lowest BCUT2D eigenvalue weighted by molar-refractivity contribution is -0.272. The van der Waals surface area contributed by atoms with Crippen molar-refractivity contribution in [1.82, 2.24) is 5.32 Å². The van der Waals surface area contributed by atoms with Gasteiger partial charge < -0.3 is 25.0 Å². The van der Waals surface area contributed by atoms with Gasteiger partial charge in [0.2, 0.25) is 0 Å². The first-order valence-corrected chi connectivity index (χ1v) is 8.06. The molecule has 0 bridgehead atoms. The number of hydrogen-bond acceptors (Lipinski definition) is 4. The molecular formula is C18H18F3NO5. The highest BCUT2D eigenvalue weighted by molar-refractivity contribution is 5.89. The Labute approximate surface area is 152 Å². The zero-order chi connectivity index (χ0) is 20.0. The van der Waals surface area contributed by atoms with Crippen LogP contribution in [0.15, 0.2) is 30.3 Å². The molecule has 1 aliphatic heterocycles. The first kappa shape index (κ1) is 19.2. The van der Waals surface area contributed by atoms with Crippen LogP contribution in [0.3, 0.4) is 0 Å². The minimum absolute atomic E-state index is 0.0536. The molecular weight excluding hydrogens is 367 g/mol. The molecule has 1 heterocycles. The second-order valence-corrected chi connectivity index (χ2v) is 6.88. The molecule has 0 unspecified atom stereocenters. The lowest BCUT2D eigenvalue weighted by Crippen LogP contribution is -2.58. The Morgan fingerprint density at radius 2 is 1.78 bits per heavy atom. The maximum atomic E-state index is 13.3. The first-order valence-electron chi connectivity index (χ1n) is 8.06. The van der Waals surface area contributed by atoms with Gasteiger partial charge >= 0.3 is 12.3 Å². The number of ether oxygens (including phenoxy) is 2. The quantitative estimate of drug-likeness (QED) is 0.732. The number of carboxylic acid groups (broad SMARTS) is 1. The number of carbonyl (C=O) groups is 1. The van der Waals surface area contributed by atoms with E-state index >= 15 is 0 Å². The summed E-state index contributed by atoms with van der Waals surface area (Å²) in [5.74, 6) is -1.78. The average molecular weight is 385 g/mol. The fraction of sp³-hybridized carbons (Fsp3) is 0.389. The number of phenols is 1. The number of amides is 1. The average Bonchev–Trinajstić information content (AvgIpc) is 2.55. The second kappa shape index (κ2) is 6.28. The van der Waals surface area contributed by atoms with Crippen molar-refractivity contribution in [3.05, 3.63) is 41.5 Å². The number of aromatic hydroxyl groups is 1. The number of halogens is 3. The summed E-state index contributed by atoms with van der Waals surface area (Å²) in [4.78, 5) is 11.3. The number of alkyl halides is 3. The van der Waals surface area contributed by atoms with E-state index in [4.69, 9.17) is 9.47 Å². The van der Waals surface area contributed by atoms with Crippen LogP contribution in [-0.2, 0) is 21.2 Å².